The van der Waals surface area contributed by atoms with Gasteiger partial charge in [-0.25, -0.2) is 0 Å². The lowest BCUT2D eigenvalue weighted by Crippen LogP contribution is -2.44. The predicted molar refractivity (Wildman–Crippen MR) is 86.6 cm³/mol. The second-order valence-electron chi connectivity index (χ2n) is 4.82. The van der Waals surface area contributed by atoms with Crippen LogP contribution in [0.2, 0.25) is 0 Å². The smallest absolute Gasteiger partial charge is 0.256 e. The summed E-state index contributed by atoms with van der Waals surface area (Å²) < 4.78 is 1.87. The summed E-state index contributed by atoms with van der Waals surface area (Å²) in [5, 5.41) is 0. The third-order valence-electron chi connectivity index (χ3n) is 3.81. The lowest BCUT2D eigenvalue weighted by Gasteiger charge is -2.31. The number of carbonyl (C=O) groups is 1. The van der Waals surface area contributed by atoms with Crippen molar-refractivity contribution >= 4 is 49.1 Å². The number of hydrogen-bond donors (Lipinski definition) is 1. The Labute approximate surface area is 134 Å². The third kappa shape index (κ3) is 3.23. The summed E-state index contributed by atoms with van der Waals surface area (Å²) in [6.45, 7) is 3.45. The summed E-state index contributed by atoms with van der Waals surface area (Å²) in [6.07, 6.45) is 3.38. The summed E-state index contributed by atoms with van der Waals surface area (Å²) in [6, 6.07) is 2.19. The third-order valence-corrected chi connectivity index (χ3v) is 6.15. The Morgan fingerprint density at radius 2 is 2.26 bits per heavy atom. The van der Waals surface area contributed by atoms with E-state index in [0.29, 0.717) is 18.5 Å². The molecule has 0 radical (unpaired) electrons. The quantitative estimate of drug-likeness (QED) is 0.820. The average molecular weight is 410 g/mol. The first-order valence-corrected chi connectivity index (χ1v) is 8.94. The molecular formula is C13H18Br2N2OS. The monoisotopic (exact) mass is 408 g/mol. The fourth-order valence-corrected chi connectivity index (χ4v) is 5.65. The van der Waals surface area contributed by atoms with Crippen LogP contribution in [-0.4, -0.2) is 29.9 Å². The van der Waals surface area contributed by atoms with Gasteiger partial charge in [-0.2, -0.15) is 0 Å². The molecule has 1 aromatic heterocycles. The molecule has 1 heterocycles. The van der Waals surface area contributed by atoms with E-state index in [4.69, 9.17) is 5.73 Å². The highest BCUT2D eigenvalue weighted by molar-refractivity contribution is 9.12. The molecule has 2 atom stereocenters. The number of rotatable bonds is 4. The number of thiophene rings is 1. The summed E-state index contributed by atoms with van der Waals surface area (Å²) in [4.78, 5) is 14.7. The van der Waals surface area contributed by atoms with E-state index in [0.717, 1.165) is 32.5 Å². The summed E-state index contributed by atoms with van der Waals surface area (Å²) in [5.41, 5.74) is 6.59. The first kappa shape index (κ1) is 15.5. The van der Waals surface area contributed by atoms with Crippen LogP contribution < -0.4 is 5.73 Å². The zero-order valence-electron chi connectivity index (χ0n) is 10.9. The van der Waals surface area contributed by atoms with Crippen molar-refractivity contribution in [3.05, 3.63) is 19.2 Å². The van der Waals surface area contributed by atoms with Gasteiger partial charge in [-0.15, -0.1) is 11.3 Å². The van der Waals surface area contributed by atoms with E-state index < -0.39 is 0 Å². The molecular weight excluding hydrogens is 392 g/mol. The number of nitrogens with zero attached hydrogens (tertiary/aromatic N) is 1. The van der Waals surface area contributed by atoms with Crippen LogP contribution in [0.5, 0.6) is 0 Å². The van der Waals surface area contributed by atoms with Crippen LogP contribution in [0.3, 0.4) is 0 Å². The molecule has 1 saturated carbocycles. The molecule has 106 valence electrons. The lowest BCUT2D eigenvalue weighted by molar-refractivity contribution is 0.0651. The number of nitrogens with two attached hydrogens (primary N) is 1. The fraction of sp³-hybridized carbons (Fsp3) is 0.615. The van der Waals surface area contributed by atoms with Crippen molar-refractivity contribution in [2.24, 2.45) is 11.7 Å². The van der Waals surface area contributed by atoms with Gasteiger partial charge in [0.2, 0.25) is 0 Å². The molecule has 1 aliphatic rings. The zero-order chi connectivity index (χ0) is 14.0. The van der Waals surface area contributed by atoms with Crippen LogP contribution in [0.4, 0.5) is 0 Å². The van der Waals surface area contributed by atoms with Crippen LogP contribution in [0, 0.1) is 5.92 Å². The van der Waals surface area contributed by atoms with Crippen molar-refractivity contribution in [3.8, 4) is 0 Å². The summed E-state index contributed by atoms with van der Waals surface area (Å²) in [7, 11) is 0. The molecule has 1 fully saturated rings. The Morgan fingerprint density at radius 1 is 1.53 bits per heavy atom. The standard InChI is InChI=1S/C13H18Br2N2OS/c1-2-17(10-5-3-4-8(10)7-16)13(18)9-6-11(14)19-12(9)15/h6,8,10H,2-5,7,16H2,1H3. The topological polar surface area (TPSA) is 46.3 Å². The van der Waals surface area contributed by atoms with Gasteiger partial charge in [0.25, 0.3) is 5.91 Å². The van der Waals surface area contributed by atoms with Crippen molar-refractivity contribution in [3.63, 3.8) is 0 Å². The van der Waals surface area contributed by atoms with E-state index in [1.165, 1.54) is 17.8 Å². The highest BCUT2D eigenvalue weighted by atomic mass is 79.9. The molecule has 2 rings (SSSR count). The van der Waals surface area contributed by atoms with Crippen molar-refractivity contribution in [1.29, 1.82) is 0 Å². The Morgan fingerprint density at radius 3 is 2.79 bits per heavy atom. The number of amides is 1. The largest absolute Gasteiger partial charge is 0.336 e. The molecule has 1 aromatic rings. The minimum Gasteiger partial charge on any atom is -0.336 e. The highest BCUT2D eigenvalue weighted by Crippen LogP contribution is 2.35. The number of halogens is 2. The number of hydrogen-bond acceptors (Lipinski definition) is 3. The van der Waals surface area contributed by atoms with Gasteiger partial charge < -0.3 is 10.6 Å². The van der Waals surface area contributed by atoms with E-state index >= 15 is 0 Å². The van der Waals surface area contributed by atoms with Crippen LogP contribution in [0.25, 0.3) is 0 Å². The van der Waals surface area contributed by atoms with Crippen molar-refractivity contribution in [2.45, 2.75) is 32.2 Å². The summed E-state index contributed by atoms with van der Waals surface area (Å²) >= 11 is 8.44. The SMILES string of the molecule is CCN(C(=O)c1cc(Br)sc1Br)C1CCCC1CN. The van der Waals surface area contributed by atoms with Gasteiger partial charge >= 0.3 is 0 Å². The minimum atomic E-state index is 0.113. The maximum Gasteiger partial charge on any atom is 0.256 e. The van der Waals surface area contributed by atoms with E-state index in [9.17, 15) is 4.79 Å². The normalized spacial score (nSPS) is 22.7. The van der Waals surface area contributed by atoms with Gasteiger partial charge in [0, 0.05) is 12.6 Å². The Kier molecular flexibility index (Phi) is 5.45. The van der Waals surface area contributed by atoms with Crippen LogP contribution >= 0.6 is 43.2 Å². The molecule has 6 heteroatoms. The van der Waals surface area contributed by atoms with Gasteiger partial charge in [0.1, 0.15) is 0 Å². The van der Waals surface area contributed by atoms with Crippen molar-refractivity contribution in [1.82, 2.24) is 4.90 Å². The maximum absolute atomic E-state index is 12.7. The van der Waals surface area contributed by atoms with E-state index in [1.807, 2.05) is 17.9 Å². The van der Waals surface area contributed by atoms with Crippen LogP contribution in [-0.2, 0) is 0 Å². The molecule has 0 bridgehead atoms. The van der Waals surface area contributed by atoms with E-state index in [-0.39, 0.29) is 5.91 Å². The minimum absolute atomic E-state index is 0.113. The Balaban J connectivity index is 2.22. The first-order chi connectivity index (χ1) is 9.08. The molecule has 1 amide bonds. The number of carbonyl (C=O) groups excluding carboxylic acids is 1. The van der Waals surface area contributed by atoms with Crippen LogP contribution in [0.15, 0.2) is 13.6 Å². The van der Waals surface area contributed by atoms with E-state index in [2.05, 4.69) is 31.9 Å². The van der Waals surface area contributed by atoms with Gasteiger partial charge in [0.15, 0.2) is 0 Å². The second kappa shape index (κ2) is 6.70. The molecule has 2 unspecified atom stereocenters. The van der Waals surface area contributed by atoms with Crippen molar-refractivity contribution < 1.29 is 4.79 Å². The van der Waals surface area contributed by atoms with Gasteiger partial charge in [-0.1, -0.05) is 6.42 Å². The fourth-order valence-electron chi connectivity index (χ4n) is 2.87. The van der Waals surface area contributed by atoms with E-state index in [1.54, 1.807) is 0 Å². The maximum atomic E-state index is 12.7. The Hall–Kier alpha value is 0.0900. The van der Waals surface area contributed by atoms with Gasteiger partial charge in [0.05, 0.1) is 13.1 Å². The first-order valence-electron chi connectivity index (χ1n) is 6.54. The molecule has 3 nitrogen and oxygen atoms in total. The molecule has 0 aliphatic heterocycles. The molecule has 1 aliphatic carbocycles. The second-order valence-corrected chi connectivity index (χ2v) is 8.57. The molecule has 0 spiro atoms. The average Bonchev–Trinajstić information content (AvgIpc) is 2.96. The predicted octanol–water partition coefficient (Wildman–Crippen LogP) is 3.86. The molecule has 0 saturated heterocycles. The van der Waals surface area contributed by atoms with Gasteiger partial charge in [-0.05, 0) is 70.2 Å². The molecule has 0 aromatic carbocycles. The van der Waals surface area contributed by atoms with Crippen molar-refractivity contribution in [2.75, 3.05) is 13.1 Å². The molecule has 19 heavy (non-hydrogen) atoms. The Bertz CT molecular complexity index is 463. The zero-order valence-corrected chi connectivity index (χ0v) is 14.9. The molecule has 2 N–H and O–H groups in total. The summed E-state index contributed by atoms with van der Waals surface area (Å²) in [5.74, 6) is 0.562. The highest BCUT2D eigenvalue weighted by Gasteiger charge is 2.34. The van der Waals surface area contributed by atoms with Gasteiger partial charge in [-0.3, -0.25) is 4.79 Å². The van der Waals surface area contributed by atoms with Crippen LogP contribution in [0.1, 0.15) is 36.5 Å². The lowest BCUT2D eigenvalue weighted by atomic mass is 10.0.